The highest BCUT2D eigenvalue weighted by Gasteiger charge is 2.25. The van der Waals surface area contributed by atoms with Gasteiger partial charge in [-0.15, -0.1) is 0 Å². The molecule has 67 heavy (non-hydrogen) atoms. The Morgan fingerprint density at radius 3 is 1.13 bits per heavy atom. The minimum absolute atomic E-state index is 0.00624. The van der Waals surface area contributed by atoms with E-state index in [-0.39, 0.29) is 11.9 Å². The molecule has 1 amide bonds. The monoisotopic (exact) mass is 949 g/mol. The molecule has 0 aromatic carbocycles. The molecule has 0 spiro atoms. The van der Waals surface area contributed by atoms with E-state index >= 15 is 0 Å². The van der Waals surface area contributed by atoms with Gasteiger partial charge in [0.05, 0.1) is 13.2 Å². The van der Waals surface area contributed by atoms with Crippen molar-refractivity contribution in [3.63, 3.8) is 0 Å². The average molecular weight is 950 g/mol. The Labute approximate surface area is 420 Å². The van der Waals surface area contributed by atoms with Crippen molar-refractivity contribution in [3.05, 3.63) is 0 Å². The lowest BCUT2D eigenvalue weighted by Gasteiger charge is -2.35. The van der Waals surface area contributed by atoms with Gasteiger partial charge in [-0.05, 0) is 109 Å². The largest absolute Gasteiger partial charge is 0.465 e. The molecule has 7 heteroatoms. The van der Waals surface area contributed by atoms with E-state index in [0.717, 1.165) is 96.6 Å². The summed E-state index contributed by atoms with van der Waals surface area (Å²) in [5.74, 6) is 1.98. The van der Waals surface area contributed by atoms with Crippen LogP contribution >= 0.6 is 0 Å². The van der Waals surface area contributed by atoms with Gasteiger partial charge in [-0.25, -0.2) is 0 Å². The van der Waals surface area contributed by atoms with Gasteiger partial charge in [-0.1, -0.05) is 216 Å². The number of esters is 2. The van der Waals surface area contributed by atoms with Crippen molar-refractivity contribution in [2.24, 2.45) is 17.8 Å². The molecule has 0 bridgehead atoms. The molecule has 0 N–H and O–H groups in total. The molecule has 0 saturated carbocycles. The summed E-state index contributed by atoms with van der Waals surface area (Å²) >= 11 is 0. The molecule has 3 unspecified atom stereocenters. The summed E-state index contributed by atoms with van der Waals surface area (Å²) in [4.78, 5) is 44.0. The van der Waals surface area contributed by atoms with Crippen molar-refractivity contribution in [2.75, 3.05) is 40.4 Å². The van der Waals surface area contributed by atoms with Crippen LogP contribution in [0.1, 0.15) is 306 Å². The van der Waals surface area contributed by atoms with Gasteiger partial charge in [0.1, 0.15) is 0 Å². The zero-order valence-electron chi connectivity index (χ0n) is 47.2. The Morgan fingerprint density at radius 1 is 0.388 bits per heavy atom. The fraction of sp³-hybridized carbons (Fsp3) is 0.950. The average Bonchev–Trinajstić information content (AvgIpc) is 3.33. The third kappa shape index (κ3) is 44.1. The highest BCUT2D eigenvalue weighted by atomic mass is 16.5. The SMILES string of the molecule is CC.CCCCCCC(CCCC)COC(=O)CCCCCCCCC(CCCCCCCCC(=O)OCC(CCCC)CCCCCC)N(CC(CC)CCCC)C(=O)CCCCN(C)C. The predicted molar refractivity (Wildman–Crippen MR) is 292 cm³/mol. The van der Waals surface area contributed by atoms with Crippen LogP contribution in [-0.4, -0.2) is 74.1 Å². The second-order valence-corrected chi connectivity index (χ2v) is 20.8. The van der Waals surface area contributed by atoms with E-state index in [4.69, 9.17) is 9.47 Å². The molecule has 0 aromatic rings. The van der Waals surface area contributed by atoms with E-state index in [1.807, 2.05) is 13.8 Å². The van der Waals surface area contributed by atoms with Crippen LogP contribution in [0.15, 0.2) is 0 Å². The zero-order valence-corrected chi connectivity index (χ0v) is 47.2. The number of hydrogen-bond donors (Lipinski definition) is 0. The number of carbonyl (C=O) groups excluding carboxylic acids is 3. The van der Waals surface area contributed by atoms with E-state index in [0.29, 0.717) is 62.2 Å². The third-order valence-corrected chi connectivity index (χ3v) is 14.2. The fourth-order valence-electron chi connectivity index (χ4n) is 9.56. The molecule has 7 nitrogen and oxygen atoms in total. The quantitative estimate of drug-likeness (QED) is 0.0447. The normalized spacial score (nSPS) is 13.2. The van der Waals surface area contributed by atoms with Gasteiger partial charge in [0.25, 0.3) is 0 Å². The number of ether oxygens (including phenoxy) is 2. The molecule has 0 fully saturated rings. The number of rotatable bonds is 50. The van der Waals surface area contributed by atoms with Gasteiger partial charge in [0.2, 0.25) is 5.91 Å². The van der Waals surface area contributed by atoms with Crippen molar-refractivity contribution in [1.29, 1.82) is 0 Å². The van der Waals surface area contributed by atoms with Crippen LogP contribution in [-0.2, 0) is 23.9 Å². The summed E-state index contributed by atoms with van der Waals surface area (Å²) in [6.45, 7) is 20.8. The van der Waals surface area contributed by atoms with E-state index in [1.54, 1.807) is 0 Å². The molecule has 0 aliphatic heterocycles. The molecule has 400 valence electrons. The highest BCUT2D eigenvalue weighted by Crippen LogP contribution is 2.25. The maximum atomic E-state index is 14.1. The Hall–Kier alpha value is -1.63. The lowest BCUT2D eigenvalue weighted by atomic mass is 9.94. The molecule has 0 heterocycles. The van der Waals surface area contributed by atoms with Crippen molar-refractivity contribution >= 4 is 17.8 Å². The van der Waals surface area contributed by atoms with E-state index in [2.05, 4.69) is 65.4 Å². The predicted octanol–water partition coefficient (Wildman–Crippen LogP) is 18.0. The summed E-state index contributed by atoms with van der Waals surface area (Å²) in [6, 6.07) is 0.317. The first-order valence-electron chi connectivity index (χ1n) is 29.9. The number of amides is 1. The van der Waals surface area contributed by atoms with E-state index < -0.39 is 0 Å². The maximum absolute atomic E-state index is 14.1. The van der Waals surface area contributed by atoms with Crippen molar-refractivity contribution in [1.82, 2.24) is 9.80 Å². The highest BCUT2D eigenvalue weighted by molar-refractivity contribution is 5.76. The van der Waals surface area contributed by atoms with Crippen LogP contribution in [0.5, 0.6) is 0 Å². The molecule has 0 rings (SSSR count). The van der Waals surface area contributed by atoms with Crippen molar-refractivity contribution < 1.29 is 23.9 Å². The minimum atomic E-state index is -0.00624. The summed E-state index contributed by atoms with van der Waals surface area (Å²) in [7, 11) is 4.24. The first-order chi connectivity index (χ1) is 32.6. The second kappa shape index (κ2) is 52.2. The smallest absolute Gasteiger partial charge is 0.305 e. The van der Waals surface area contributed by atoms with Gasteiger partial charge in [-0.3, -0.25) is 14.4 Å². The first kappa shape index (κ1) is 67.4. The van der Waals surface area contributed by atoms with Crippen molar-refractivity contribution in [3.8, 4) is 0 Å². The van der Waals surface area contributed by atoms with Crippen LogP contribution in [0, 0.1) is 17.8 Å². The van der Waals surface area contributed by atoms with Gasteiger partial charge < -0.3 is 19.3 Å². The summed E-state index contributed by atoms with van der Waals surface area (Å²) in [5, 5.41) is 0. The zero-order chi connectivity index (χ0) is 50.0. The standard InChI is InChI=1S/C58H114N2O5.C2H6/c1-9-15-20-30-41-53(39-18-12-4)50-64-57(62)46-34-28-24-22-26-32-43-55(60(49-52(14-6)38-17-11-3)56(61)45-36-37-48-59(7)8)44-33-27-23-25-29-35-47-58(63)65-51-54(40-19-13-5)42-31-21-16-10-2;1-2/h52-55H,9-51H2,1-8H3;1-2H3. The van der Waals surface area contributed by atoms with Gasteiger partial charge in [0.15, 0.2) is 0 Å². The molecular weight excluding hydrogens is 829 g/mol. The van der Waals surface area contributed by atoms with Crippen molar-refractivity contribution in [2.45, 2.75) is 312 Å². The lowest BCUT2D eigenvalue weighted by molar-refractivity contribution is -0.146. The summed E-state index contributed by atoms with van der Waals surface area (Å²) in [5.41, 5.74) is 0. The lowest BCUT2D eigenvalue weighted by Crippen LogP contribution is -2.43. The topological polar surface area (TPSA) is 76.2 Å². The molecule has 0 aliphatic carbocycles. The number of nitrogens with zero attached hydrogens (tertiary/aromatic N) is 2. The molecule has 0 aromatic heterocycles. The fourth-order valence-corrected chi connectivity index (χ4v) is 9.56. The maximum Gasteiger partial charge on any atom is 0.305 e. The van der Waals surface area contributed by atoms with Crippen LogP contribution < -0.4 is 0 Å². The van der Waals surface area contributed by atoms with Crippen LogP contribution in [0.4, 0.5) is 0 Å². The Kier molecular flexibility index (Phi) is 52.6. The van der Waals surface area contributed by atoms with Crippen LogP contribution in [0.2, 0.25) is 0 Å². The molecule has 0 saturated heterocycles. The Bertz CT molecular complexity index is 995. The second-order valence-electron chi connectivity index (χ2n) is 20.8. The summed E-state index contributed by atoms with van der Waals surface area (Å²) < 4.78 is 11.6. The molecule has 0 radical (unpaired) electrons. The van der Waals surface area contributed by atoms with Gasteiger partial charge in [0, 0.05) is 31.8 Å². The van der Waals surface area contributed by atoms with Crippen LogP contribution in [0.3, 0.4) is 0 Å². The number of hydrogen-bond acceptors (Lipinski definition) is 6. The molecule has 3 atom stereocenters. The van der Waals surface area contributed by atoms with Crippen LogP contribution in [0.25, 0.3) is 0 Å². The van der Waals surface area contributed by atoms with Gasteiger partial charge in [-0.2, -0.15) is 0 Å². The molecular formula is C60H120N2O5. The number of unbranched alkanes of at least 4 members (excludes halogenated alkanes) is 20. The Balaban J connectivity index is 0. The van der Waals surface area contributed by atoms with Gasteiger partial charge >= 0.3 is 11.9 Å². The van der Waals surface area contributed by atoms with E-state index in [9.17, 15) is 14.4 Å². The third-order valence-electron chi connectivity index (χ3n) is 14.2. The van der Waals surface area contributed by atoms with E-state index in [1.165, 1.54) is 148 Å². The number of carbonyl (C=O) groups is 3. The summed E-state index contributed by atoms with van der Waals surface area (Å²) in [6.07, 6.45) is 44.0. The first-order valence-corrected chi connectivity index (χ1v) is 29.9. The Morgan fingerprint density at radius 2 is 0.731 bits per heavy atom. The molecule has 0 aliphatic rings. The minimum Gasteiger partial charge on any atom is -0.465 e.